The van der Waals surface area contributed by atoms with Crippen LogP contribution in [-0.4, -0.2) is 36.6 Å². The van der Waals surface area contributed by atoms with Gasteiger partial charge in [0, 0.05) is 14.2 Å². The average molecular weight is 366 g/mol. The zero-order chi connectivity index (χ0) is 18.6. The van der Waals surface area contributed by atoms with Crippen molar-refractivity contribution < 1.29 is 18.6 Å². The van der Waals surface area contributed by atoms with Crippen LogP contribution in [0.3, 0.4) is 0 Å². The van der Waals surface area contributed by atoms with E-state index in [2.05, 4.69) is 79.5 Å². The highest BCUT2D eigenvalue weighted by Gasteiger charge is 2.20. The molecule has 2 aromatic heterocycles. The van der Waals surface area contributed by atoms with Crippen LogP contribution in [0.15, 0.2) is 61.2 Å². The van der Waals surface area contributed by atoms with Gasteiger partial charge in [0.25, 0.3) is 0 Å². The van der Waals surface area contributed by atoms with Gasteiger partial charge in [-0.05, 0) is 24.3 Å². The summed E-state index contributed by atoms with van der Waals surface area (Å²) >= 11 is 0. The molecule has 0 bridgehead atoms. The molecular weight excluding hydrogens is 340 g/mol. The van der Waals surface area contributed by atoms with Gasteiger partial charge in [0.1, 0.15) is 13.1 Å². The van der Waals surface area contributed by atoms with E-state index in [1.54, 1.807) is 14.2 Å². The molecule has 0 N–H and O–H groups in total. The van der Waals surface area contributed by atoms with Gasteiger partial charge in [-0.3, -0.25) is 0 Å². The third-order valence-corrected chi connectivity index (χ3v) is 4.94. The summed E-state index contributed by atoms with van der Waals surface area (Å²) in [6, 6.07) is 17.0. The molecule has 0 spiro atoms. The highest BCUT2D eigenvalue weighted by Crippen LogP contribution is 2.12. The molecule has 140 valence electrons. The fourth-order valence-electron chi connectivity index (χ4n) is 3.61. The van der Waals surface area contributed by atoms with Crippen LogP contribution in [0.4, 0.5) is 0 Å². The fourth-order valence-corrected chi connectivity index (χ4v) is 3.61. The van der Waals surface area contributed by atoms with Crippen molar-refractivity contribution in [3.05, 3.63) is 61.2 Å². The summed E-state index contributed by atoms with van der Waals surface area (Å²) in [5, 5.41) is 0. The number of benzene rings is 2. The minimum absolute atomic E-state index is 0.697. The van der Waals surface area contributed by atoms with E-state index in [-0.39, 0.29) is 0 Å². The summed E-state index contributed by atoms with van der Waals surface area (Å²) in [6.45, 7) is 3.82. The summed E-state index contributed by atoms with van der Waals surface area (Å²) in [5.41, 5.74) is 4.88. The number of hydrogen-bond acceptors (Lipinski definition) is 2. The van der Waals surface area contributed by atoms with Crippen LogP contribution in [0.1, 0.15) is 0 Å². The van der Waals surface area contributed by atoms with Crippen molar-refractivity contribution in [2.24, 2.45) is 0 Å². The minimum atomic E-state index is 0.697. The summed E-state index contributed by atoms with van der Waals surface area (Å²) in [4.78, 5) is 0. The predicted octanol–water partition coefficient (Wildman–Crippen LogP) is 1.97. The van der Waals surface area contributed by atoms with Crippen LogP contribution >= 0.6 is 0 Å². The van der Waals surface area contributed by atoms with E-state index < -0.39 is 0 Å². The normalized spacial score (nSPS) is 11.6. The zero-order valence-electron chi connectivity index (χ0n) is 15.9. The van der Waals surface area contributed by atoms with Gasteiger partial charge in [-0.1, -0.05) is 24.3 Å². The molecule has 2 aromatic carbocycles. The summed E-state index contributed by atoms with van der Waals surface area (Å²) < 4.78 is 19.6. The number of rotatable bonds is 8. The molecular formula is C21H26N4O2+2. The van der Waals surface area contributed by atoms with Gasteiger partial charge in [-0.15, -0.1) is 0 Å². The van der Waals surface area contributed by atoms with Crippen LogP contribution in [0.2, 0.25) is 0 Å². The van der Waals surface area contributed by atoms with Crippen molar-refractivity contribution in [2.45, 2.75) is 19.8 Å². The lowest BCUT2D eigenvalue weighted by molar-refractivity contribution is -0.890. The Morgan fingerprint density at radius 2 is 1.15 bits per heavy atom. The second-order valence-corrected chi connectivity index (χ2v) is 6.66. The maximum Gasteiger partial charge on any atom is 0.248 e. The Labute approximate surface area is 158 Å². The largest absolute Gasteiger partial charge is 0.381 e. The number of nitrogens with zero attached hydrogens (tertiary/aromatic N) is 4. The molecule has 27 heavy (non-hydrogen) atoms. The Hall–Kier alpha value is -2.70. The molecule has 6 heteroatoms. The highest BCUT2D eigenvalue weighted by atomic mass is 16.5. The predicted molar refractivity (Wildman–Crippen MR) is 103 cm³/mol. The molecule has 6 nitrogen and oxygen atoms in total. The van der Waals surface area contributed by atoms with Crippen LogP contribution in [0.25, 0.3) is 22.1 Å². The standard InChI is InChI=1S/C21H26N4O2/c1-26-13-11-22-15-24(20-9-5-3-7-18(20)22)17-25-16-23(12-14-27-2)19-8-4-6-10-21(19)25/h3-10,15-16H,11-14,17H2,1-2H3/q+2. The van der Waals surface area contributed by atoms with Crippen molar-refractivity contribution in [1.29, 1.82) is 0 Å². The number of fused-ring (bicyclic) bond motifs is 2. The van der Waals surface area contributed by atoms with E-state index in [1.165, 1.54) is 22.1 Å². The van der Waals surface area contributed by atoms with Gasteiger partial charge in [-0.2, -0.15) is 9.13 Å². The van der Waals surface area contributed by atoms with Crippen molar-refractivity contribution >= 4 is 22.1 Å². The van der Waals surface area contributed by atoms with Crippen molar-refractivity contribution in [2.75, 3.05) is 27.4 Å². The van der Waals surface area contributed by atoms with E-state index in [1.807, 2.05) is 0 Å². The minimum Gasteiger partial charge on any atom is -0.381 e. The number of aromatic nitrogens is 4. The Kier molecular flexibility index (Phi) is 5.18. The molecule has 0 aliphatic rings. The quantitative estimate of drug-likeness (QED) is 0.447. The first kappa shape index (κ1) is 17.7. The molecule has 0 aliphatic carbocycles. The van der Waals surface area contributed by atoms with E-state index in [4.69, 9.17) is 9.47 Å². The Morgan fingerprint density at radius 1 is 0.704 bits per heavy atom. The molecule has 0 unspecified atom stereocenters. The summed E-state index contributed by atoms with van der Waals surface area (Å²) in [7, 11) is 3.48. The lowest BCUT2D eigenvalue weighted by Gasteiger charge is -1.96. The van der Waals surface area contributed by atoms with Crippen molar-refractivity contribution in [1.82, 2.24) is 9.13 Å². The topological polar surface area (TPSA) is 36.1 Å². The molecule has 2 heterocycles. The van der Waals surface area contributed by atoms with Gasteiger partial charge in [0.2, 0.25) is 19.3 Å². The lowest BCUT2D eigenvalue weighted by atomic mass is 10.3. The molecule has 4 rings (SSSR count). The Balaban J connectivity index is 1.74. The van der Waals surface area contributed by atoms with E-state index >= 15 is 0 Å². The number of imidazole rings is 2. The van der Waals surface area contributed by atoms with Crippen LogP contribution in [-0.2, 0) is 29.2 Å². The maximum absolute atomic E-state index is 5.27. The van der Waals surface area contributed by atoms with Crippen molar-refractivity contribution in [3.63, 3.8) is 0 Å². The molecule has 0 aliphatic heterocycles. The third-order valence-electron chi connectivity index (χ3n) is 4.94. The zero-order valence-corrected chi connectivity index (χ0v) is 15.9. The molecule has 0 saturated carbocycles. The number of methoxy groups -OCH3 is 2. The Morgan fingerprint density at radius 3 is 1.59 bits per heavy atom. The van der Waals surface area contributed by atoms with Crippen molar-refractivity contribution in [3.8, 4) is 0 Å². The molecule has 0 radical (unpaired) electrons. The number of ether oxygens (including phenoxy) is 2. The molecule has 4 aromatic rings. The third kappa shape index (κ3) is 3.46. The fraction of sp³-hybridized carbons (Fsp3) is 0.333. The van der Waals surface area contributed by atoms with Gasteiger partial charge in [0.15, 0.2) is 22.1 Å². The van der Waals surface area contributed by atoms with E-state index in [0.29, 0.717) is 13.2 Å². The van der Waals surface area contributed by atoms with Crippen LogP contribution in [0.5, 0.6) is 0 Å². The van der Waals surface area contributed by atoms with Gasteiger partial charge < -0.3 is 9.47 Å². The molecule has 0 saturated heterocycles. The lowest BCUT2D eigenvalue weighted by Crippen LogP contribution is -2.50. The molecule has 0 fully saturated rings. The monoisotopic (exact) mass is 366 g/mol. The first-order valence-electron chi connectivity index (χ1n) is 9.24. The second-order valence-electron chi connectivity index (χ2n) is 6.66. The van der Waals surface area contributed by atoms with Gasteiger partial charge in [0.05, 0.1) is 13.2 Å². The van der Waals surface area contributed by atoms with E-state index in [9.17, 15) is 0 Å². The second kappa shape index (κ2) is 7.90. The summed E-state index contributed by atoms with van der Waals surface area (Å²) in [6.07, 6.45) is 4.36. The average Bonchev–Trinajstić information content (AvgIpc) is 3.24. The first-order chi connectivity index (χ1) is 13.3. The summed E-state index contributed by atoms with van der Waals surface area (Å²) in [5.74, 6) is 0. The highest BCUT2D eigenvalue weighted by molar-refractivity contribution is 5.72. The number of para-hydroxylation sites is 4. The smallest absolute Gasteiger partial charge is 0.248 e. The van der Waals surface area contributed by atoms with Gasteiger partial charge >= 0.3 is 0 Å². The van der Waals surface area contributed by atoms with E-state index in [0.717, 1.165) is 19.8 Å². The number of hydrogen-bond donors (Lipinski definition) is 0. The molecule has 0 amide bonds. The maximum atomic E-state index is 5.27. The van der Waals surface area contributed by atoms with Gasteiger partial charge in [-0.25, -0.2) is 9.13 Å². The first-order valence-corrected chi connectivity index (χ1v) is 9.24. The Bertz CT molecular complexity index is 967. The SMILES string of the molecule is COCCn1c[n+](C[n+]2cn(CCOC)c3ccccc32)c2ccccc21. The van der Waals surface area contributed by atoms with Crippen LogP contribution in [0, 0.1) is 0 Å². The van der Waals surface area contributed by atoms with Crippen LogP contribution < -0.4 is 9.13 Å². The molecule has 0 atom stereocenters.